The Morgan fingerprint density at radius 1 is 1.36 bits per heavy atom. The van der Waals surface area contributed by atoms with Gasteiger partial charge in [0.15, 0.2) is 0 Å². The molecule has 0 radical (unpaired) electrons. The Morgan fingerprint density at radius 3 is 2.68 bits per heavy atom. The van der Waals surface area contributed by atoms with Crippen LogP contribution in [0.1, 0.15) is 30.6 Å². The first kappa shape index (κ1) is 20.6. The second kappa shape index (κ2) is 10.4. The molecule has 0 aromatic heterocycles. The molecule has 1 rings (SSSR count). The lowest BCUT2D eigenvalue weighted by atomic mass is 10.1. The first-order chi connectivity index (χ1) is 11.9. The number of nitro groups is 1. The number of nitrogens with zero attached hydrogens (tertiary/aromatic N) is 2. The fraction of sp³-hybridized carbons (Fsp3) is 0.529. The number of carbonyl (C=O) groups is 2. The van der Waals surface area contributed by atoms with E-state index in [1.807, 2.05) is 6.92 Å². The van der Waals surface area contributed by atoms with Crippen molar-refractivity contribution >= 4 is 17.6 Å². The molecular formula is C17H24N2O6. The van der Waals surface area contributed by atoms with Crippen LogP contribution in [0.2, 0.25) is 0 Å². The van der Waals surface area contributed by atoms with E-state index in [0.29, 0.717) is 26.2 Å². The van der Waals surface area contributed by atoms with Gasteiger partial charge in [-0.25, -0.2) is 0 Å². The molecule has 0 aliphatic rings. The van der Waals surface area contributed by atoms with Crippen molar-refractivity contribution in [2.75, 3.05) is 33.4 Å². The van der Waals surface area contributed by atoms with Crippen LogP contribution in [0.25, 0.3) is 0 Å². The van der Waals surface area contributed by atoms with Crippen molar-refractivity contribution in [2.24, 2.45) is 5.92 Å². The molecule has 25 heavy (non-hydrogen) atoms. The van der Waals surface area contributed by atoms with E-state index in [9.17, 15) is 19.7 Å². The average Bonchev–Trinajstić information content (AvgIpc) is 2.62. The van der Waals surface area contributed by atoms with Crippen LogP contribution in [0, 0.1) is 16.0 Å². The molecule has 0 saturated carbocycles. The van der Waals surface area contributed by atoms with E-state index in [0.717, 1.165) is 0 Å². The smallest absolute Gasteiger partial charge is 0.310 e. The molecule has 0 saturated heterocycles. The highest BCUT2D eigenvalue weighted by Crippen LogP contribution is 2.16. The van der Waals surface area contributed by atoms with E-state index in [4.69, 9.17) is 9.47 Å². The minimum atomic E-state index is -0.548. The van der Waals surface area contributed by atoms with E-state index in [2.05, 4.69) is 0 Å². The fourth-order valence-corrected chi connectivity index (χ4v) is 2.32. The molecule has 0 fully saturated rings. The normalized spacial score (nSPS) is 11.6. The summed E-state index contributed by atoms with van der Waals surface area (Å²) in [6.45, 7) is 5.16. The number of rotatable bonds is 10. The Balaban J connectivity index is 2.91. The summed E-state index contributed by atoms with van der Waals surface area (Å²) in [4.78, 5) is 36.2. The van der Waals surface area contributed by atoms with Crippen LogP contribution in [0.4, 0.5) is 5.69 Å². The summed E-state index contributed by atoms with van der Waals surface area (Å²) in [5, 5.41) is 10.9. The Kier molecular flexibility index (Phi) is 8.55. The molecule has 8 nitrogen and oxygen atoms in total. The summed E-state index contributed by atoms with van der Waals surface area (Å²) in [7, 11) is 1.29. The zero-order valence-corrected chi connectivity index (χ0v) is 14.8. The second-order valence-corrected chi connectivity index (χ2v) is 5.53. The third-order valence-electron chi connectivity index (χ3n) is 3.61. The van der Waals surface area contributed by atoms with Gasteiger partial charge < -0.3 is 14.4 Å². The molecular weight excluding hydrogens is 328 g/mol. The Labute approximate surface area is 146 Å². The molecule has 0 spiro atoms. The molecule has 1 amide bonds. The summed E-state index contributed by atoms with van der Waals surface area (Å²) < 4.78 is 9.98. The van der Waals surface area contributed by atoms with Gasteiger partial charge in [-0.1, -0.05) is 13.0 Å². The maximum Gasteiger partial charge on any atom is 0.310 e. The molecule has 1 aromatic carbocycles. The number of non-ortho nitro benzene ring substituents is 1. The predicted octanol–water partition coefficient (Wildman–Crippen LogP) is 2.27. The lowest BCUT2D eigenvalue weighted by Crippen LogP contribution is -2.38. The zero-order valence-electron chi connectivity index (χ0n) is 14.8. The third-order valence-corrected chi connectivity index (χ3v) is 3.61. The summed E-state index contributed by atoms with van der Waals surface area (Å²) in [6.07, 6.45) is 0.600. The van der Waals surface area contributed by atoms with Crippen molar-refractivity contribution in [3.05, 3.63) is 39.9 Å². The van der Waals surface area contributed by atoms with Gasteiger partial charge in [0, 0.05) is 44.0 Å². The molecule has 1 atom stereocenters. The van der Waals surface area contributed by atoms with Crippen molar-refractivity contribution in [3.8, 4) is 0 Å². The van der Waals surface area contributed by atoms with Crippen LogP contribution in [0.3, 0.4) is 0 Å². The van der Waals surface area contributed by atoms with Gasteiger partial charge >= 0.3 is 5.97 Å². The van der Waals surface area contributed by atoms with Gasteiger partial charge in [-0.05, 0) is 19.4 Å². The zero-order chi connectivity index (χ0) is 18.8. The summed E-state index contributed by atoms with van der Waals surface area (Å²) in [5.41, 5.74) is 0.0591. The molecule has 0 N–H and O–H groups in total. The van der Waals surface area contributed by atoms with Crippen molar-refractivity contribution in [3.63, 3.8) is 0 Å². The van der Waals surface area contributed by atoms with Crippen LogP contribution in [-0.4, -0.2) is 55.1 Å². The number of hydrogen-bond donors (Lipinski definition) is 0. The van der Waals surface area contributed by atoms with Gasteiger partial charge in [-0.3, -0.25) is 19.7 Å². The summed E-state index contributed by atoms with van der Waals surface area (Å²) in [6, 6.07) is 5.55. The minimum absolute atomic E-state index is 0.152. The fourth-order valence-electron chi connectivity index (χ4n) is 2.32. The van der Waals surface area contributed by atoms with E-state index in [1.54, 1.807) is 6.92 Å². The highest BCUT2D eigenvalue weighted by atomic mass is 16.6. The van der Waals surface area contributed by atoms with Crippen LogP contribution in [0.15, 0.2) is 24.3 Å². The molecule has 0 aliphatic heterocycles. The monoisotopic (exact) mass is 352 g/mol. The van der Waals surface area contributed by atoms with E-state index in [-0.39, 0.29) is 23.7 Å². The standard InChI is InChI=1S/C17H24N2O6/c1-4-25-10-6-9-18(12-13(2)17(21)24-3)16(20)14-7-5-8-15(11-14)19(22)23/h5,7-8,11,13H,4,6,9-10,12H2,1-3H3. The minimum Gasteiger partial charge on any atom is -0.469 e. The number of carbonyl (C=O) groups excluding carboxylic acids is 2. The molecule has 1 aromatic rings. The van der Waals surface area contributed by atoms with Gasteiger partial charge in [0.05, 0.1) is 18.0 Å². The Hall–Kier alpha value is -2.48. The first-order valence-electron chi connectivity index (χ1n) is 8.10. The van der Waals surface area contributed by atoms with Gasteiger partial charge in [-0.2, -0.15) is 0 Å². The van der Waals surface area contributed by atoms with Crippen molar-refractivity contribution in [1.82, 2.24) is 4.90 Å². The molecule has 138 valence electrons. The predicted molar refractivity (Wildman–Crippen MR) is 91.3 cm³/mol. The van der Waals surface area contributed by atoms with Crippen LogP contribution in [-0.2, 0) is 14.3 Å². The van der Waals surface area contributed by atoms with E-state index >= 15 is 0 Å². The van der Waals surface area contributed by atoms with E-state index in [1.165, 1.54) is 36.3 Å². The molecule has 0 bridgehead atoms. The highest BCUT2D eigenvalue weighted by molar-refractivity contribution is 5.95. The number of ether oxygens (including phenoxy) is 2. The van der Waals surface area contributed by atoms with Gasteiger partial charge in [0.1, 0.15) is 0 Å². The van der Waals surface area contributed by atoms with Gasteiger partial charge in [0.25, 0.3) is 11.6 Å². The number of hydrogen-bond acceptors (Lipinski definition) is 6. The number of methoxy groups -OCH3 is 1. The van der Waals surface area contributed by atoms with Crippen LogP contribution >= 0.6 is 0 Å². The van der Waals surface area contributed by atoms with Gasteiger partial charge in [-0.15, -0.1) is 0 Å². The molecule has 0 heterocycles. The largest absolute Gasteiger partial charge is 0.469 e. The number of esters is 1. The van der Waals surface area contributed by atoms with Crippen molar-refractivity contribution in [1.29, 1.82) is 0 Å². The quantitative estimate of drug-likeness (QED) is 0.277. The molecule has 0 aliphatic carbocycles. The summed E-state index contributed by atoms with van der Waals surface area (Å²) >= 11 is 0. The Bertz CT molecular complexity index is 605. The van der Waals surface area contributed by atoms with Crippen LogP contribution < -0.4 is 0 Å². The average molecular weight is 352 g/mol. The maximum absolute atomic E-state index is 12.7. The molecule has 8 heteroatoms. The van der Waals surface area contributed by atoms with Crippen molar-refractivity contribution < 1.29 is 24.0 Å². The van der Waals surface area contributed by atoms with E-state index < -0.39 is 16.8 Å². The topological polar surface area (TPSA) is 99.0 Å². The lowest BCUT2D eigenvalue weighted by molar-refractivity contribution is -0.384. The third kappa shape index (κ3) is 6.50. The number of benzene rings is 1. The summed E-state index contributed by atoms with van der Waals surface area (Å²) in [5.74, 6) is -1.28. The highest BCUT2D eigenvalue weighted by Gasteiger charge is 2.23. The second-order valence-electron chi connectivity index (χ2n) is 5.53. The van der Waals surface area contributed by atoms with Gasteiger partial charge in [0.2, 0.25) is 0 Å². The molecule has 1 unspecified atom stereocenters. The van der Waals surface area contributed by atoms with Crippen LogP contribution in [0.5, 0.6) is 0 Å². The first-order valence-corrected chi connectivity index (χ1v) is 8.10. The Morgan fingerprint density at radius 2 is 2.08 bits per heavy atom. The van der Waals surface area contributed by atoms with Crippen molar-refractivity contribution in [2.45, 2.75) is 20.3 Å². The number of nitro benzene ring substituents is 1. The lowest BCUT2D eigenvalue weighted by Gasteiger charge is -2.25. The maximum atomic E-state index is 12.7. The number of amides is 1. The SMILES string of the molecule is CCOCCCN(CC(C)C(=O)OC)C(=O)c1cccc([N+](=O)[O-])c1.